The highest BCUT2D eigenvalue weighted by Crippen LogP contribution is 2.22. The van der Waals surface area contributed by atoms with E-state index in [0.29, 0.717) is 6.42 Å². The Morgan fingerprint density at radius 3 is 2.69 bits per heavy atom. The van der Waals surface area contributed by atoms with Gasteiger partial charge < -0.3 is 4.90 Å². The first-order valence-corrected chi connectivity index (χ1v) is 5.36. The number of nitrogens with zero attached hydrogens (tertiary/aromatic N) is 1. The van der Waals surface area contributed by atoms with Crippen molar-refractivity contribution >= 4 is 5.91 Å². The second-order valence-corrected chi connectivity index (χ2v) is 4.15. The van der Waals surface area contributed by atoms with Crippen LogP contribution in [0.2, 0.25) is 0 Å². The highest BCUT2D eigenvalue weighted by Gasteiger charge is 2.28. The molecule has 1 unspecified atom stereocenters. The third kappa shape index (κ3) is 4.68. The van der Waals surface area contributed by atoms with Crippen molar-refractivity contribution < 1.29 is 18.0 Å². The lowest BCUT2D eigenvalue weighted by Crippen LogP contribution is -2.31. The fourth-order valence-corrected chi connectivity index (χ4v) is 1.66. The number of amides is 1. The predicted molar refractivity (Wildman–Crippen MR) is 54.8 cm³/mol. The summed E-state index contributed by atoms with van der Waals surface area (Å²) >= 11 is 0. The Kier molecular flexibility index (Phi) is 4.38. The molecule has 1 amide bonds. The lowest BCUT2D eigenvalue weighted by atomic mass is 10.0. The van der Waals surface area contributed by atoms with E-state index in [1.165, 1.54) is 11.9 Å². The summed E-state index contributed by atoms with van der Waals surface area (Å²) < 4.78 is 35.8. The molecule has 0 saturated heterocycles. The molecule has 16 heavy (non-hydrogen) atoms. The van der Waals surface area contributed by atoms with Crippen molar-refractivity contribution in [1.82, 2.24) is 4.90 Å². The van der Waals surface area contributed by atoms with Crippen molar-refractivity contribution in [3.63, 3.8) is 0 Å². The molecule has 0 fully saturated rings. The van der Waals surface area contributed by atoms with Gasteiger partial charge in [-0.15, -0.1) is 0 Å². The van der Waals surface area contributed by atoms with E-state index < -0.39 is 12.6 Å². The summed E-state index contributed by atoms with van der Waals surface area (Å²) in [5.41, 5.74) is 0. The van der Waals surface area contributed by atoms with E-state index in [9.17, 15) is 18.0 Å². The summed E-state index contributed by atoms with van der Waals surface area (Å²) in [6.45, 7) is -0.251. The first-order chi connectivity index (χ1) is 7.38. The van der Waals surface area contributed by atoms with Gasteiger partial charge in [0.05, 0.1) is 6.42 Å². The van der Waals surface area contributed by atoms with Crippen LogP contribution >= 0.6 is 0 Å². The number of carbonyl (C=O) groups excluding carboxylic acids is 1. The molecule has 0 saturated carbocycles. The topological polar surface area (TPSA) is 20.3 Å². The van der Waals surface area contributed by atoms with E-state index in [-0.39, 0.29) is 18.4 Å². The van der Waals surface area contributed by atoms with Crippen molar-refractivity contribution in [2.45, 2.75) is 31.9 Å². The molecule has 0 N–H and O–H groups in total. The Balaban J connectivity index is 2.27. The van der Waals surface area contributed by atoms with Crippen LogP contribution in [0.3, 0.4) is 0 Å². The summed E-state index contributed by atoms with van der Waals surface area (Å²) in [4.78, 5) is 12.7. The summed E-state index contributed by atoms with van der Waals surface area (Å²) in [6, 6.07) is 0. The average molecular weight is 235 g/mol. The molecule has 1 aliphatic rings. The van der Waals surface area contributed by atoms with Gasteiger partial charge in [0.2, 0.25) is 5.91 Å². The summed E-state index contributed by atoms with van der Waals surface area (Å²) in [7, 11) is 1.42. The molecule has 0 spiro atoms. The Morgan fingerprint density at radius 2 is 2.19 bits per heavy atom. The standard InChI is InChI=1S/C11H16F3NO/c1-15(7-6-11(12,13)14)10(16)8-9-4-2-3-5-9/h2,4,9H,3,5-8H2,1H3. The zero-order valence-corrected chi connectivity index (χ0v) is 9.26. The first-order valence-electron chi connectivity index (χ1n) is 5.36. The molecule has 0 aromatic carbocycles. The average Bonchev–Trinajstić information content (AvgIpc) is 2.65. The Hall–Kier alpha value is -1.00. The maximum absolute atomic E-state index is 11.9. The minimum Gasteiger partial charge on any atom is -0.345 e. The van der Waals surface area contributed by atoms with Gasteiger partial charge in [-0.3, -0.25) is 4.79 Å². The minimum atomic E-state index is -4.19. The molecule has 1 atom stereocenters. The maximum atomic E-state index is 11.9. The van der Waals surface area contributed by atoms with Gasteiger partial charge in [-0.1, -0.05) is 12.2 Å². The van der Waals surface area contributed by atoms with Crippen LogP contribution in [0.15, 0.2) is 12.2 Å². The van der Waals surface area contributed by atoms with Crippen LogP contribution in [-0.4, -0.2) is 30.6 Å². The van der Waals surface area contributed by atoms with Crippen LogP contribution in [0.5, 0.6) is 0 Å². The quantitative estimate of drug-likeness (QED) is 0.686. The van der Waals surface area contributed by atoms with Crippen molar-refractivity contribution in [1.29, 1.82) is 0 Å². The van der Waals surface area contributed by atoms with Gasteiger partial charge in [0, 0.05) is 20.0 Å². The second kappa shape index (κ2) is 5.37. The summed E-state index contributed by atoms with van der Waals surface area (Å²) in [5, 5.41) is 0. The number of hydrogen-bond acceptors (Lipinski definition) is 1. The molecule has 0 aliphatic heterocycles. The number of halogens is 3. The molecular weight excluding hydrogens is 219 g/mol. The van der Waals surface area contributed by atoms with Crippen LogP contribution in [0, 0.1) is 5.92 Å². The highest BCUT2D eigenvalue weighted by atomic mass is 19.4. The minimum absolute atomic E-state index is 0.208. The normalized spacial score (nSPS) is 20.1. The summed E-state index contributed by atoms with van der Waals surface area (Å²) in [6.07, 6.45) is 1.06. The Labute approximate surface area is 93.1 Å². The number of alkyl halides is 3. The molecule has 1 rings (SSSR count). The zero-order chi connectivity index (χ0) is 12.2. The Bertz CT molecular complexity index is 273. The third-order valence-corrected chi connectivity index (χ3v) is 2.71. The van der Waals surface area contributed by atoms with Gasteiger partial charge in [-0.2, -0.15) is 13.2 Å². The molecule has 0 bridgehead atoms. The van der Waals surface area contributed by atoms with Crippen LogP contribution < -0.4 is 0 Å². The zero-order valence-electron chi connectivity index (χ0n) is 9.26. The molecule has 5 heteroatoms. The fraction of sp³-hybridized carbons (Fsp3) is 0.727. The lowest BCUT2D eigenvalue weighted by molar-refractivity contribution is -0.144. The van der Waals surface area contributed by atoms with Crippen molar-refractivity contribution in [2.75, 3.05) is 13.6 Å². The fourth-order valence-electron chi connectivity index (χ4n) is 1.66. The van der Waals surface area contributed by atoms with E-state index >= 15 is 0 Å². The van der Waals surface area contributed by atoms with Crippen molar-refractivity contribution in [3.8, 4) is 0 Å². The van der Waals surface area contributed by atoms with Crippen LogP contribution in [0.4, 0.5) is 13.2 Å². The molecule has 0 aromatic heterocycles. The molecule has 2 nitrogen and oxygen atoms in total. The van der Waals surface area contributed by atoms with Crippen LogP contribution in [-0.2, 0) is 4.79 Å². The Morgan fingerprint density at radius 1 is 1.50 bits per heavy atom. The smallest absolute Gasteiger partial charge is 0.345 e. The molecule has 0 radical (unpaired) electrons. The van der Waals surface area contributed by atoms with E-state index in [2.05, 4.69) is 0 Å². The van der Waals surface area contributed by atoms with E-state index in [1.54, 1.807) is 0 Å². The maximum Gasteiger partial charge on any atom is 0.390 e. The molecular formula is C11H16F3NO. The van der Waals surface area contributed by atoms with Gasteiger partial charge in [0.25, 0.3) is 0 Å². The van der Waals surface area contributed by atoms with Gasteiger partial charge >= 0.3 is 6.18 Å². The van der Waals surface area contributed by atoms with Crippen molar-refractivity contribution in [3.05, 3.63) is 12.2 Å². The lowest BCUT2D eigenvalue weighted by Gasteiger charge is -2.19. The highest BCUT2D eigenvalue weighted by molar-refractivity contribution is 5.76. The van der Waals surface area contributed by atoms with E-state index in [0.717, 1.165) is 12.8 Å². The second-order valence-electron chi connectivity index (χ2n) is 4.15. The summed E-state index contributed by atoms with van der Waals surface area (Å²) in [5.74, 6) is 0.00152. The van der Waals surface area contributed by atoms with Gasteiger partial charge in [-0.25, -0.2) is 0 Å². The number of rotatable bonds is 4. The first kappa shape index (κ1) is 13.1. The van der Waals surface area contributed by atoms with E-state index in [1.807, 2.05) is 12.2 Å². The third-order valence-electron chi connectivity index (χ3n) is 2.71. The molecule has 1 aliphatic carbocycles. The van der Waals surface area contributed by atoms with Gasteiger partial charge in [0.15, 0.2) is 0 Å². The monoisotopic (exact) mass is 235 g/mol. The molecule has 0 aromatic rings. The van der Waals surface area contributed by atoms with Gasteiger partial charge in [-0.05, 0) is 18.8 Å². The van der Waals surface area contributed by atoms with Gasteiger partial charge in [0.1, 0.15) is 0 Å². The van der Waals surface area contributed by atoms with Crippen LogP contribution in [0.1, 0.15) is 25.7 Å². The number of carbonyl (C=O) groups is 1. The largest absolute Gasteiger partial charge is 0.390 e. The predicted octanol–water partition coefficient (Wildman–Crippen LogP) is 2.75. The van der Waals surface area contributed by atoms with Crippen LogP contribution in [0.25, 0.3) is 0 Å². The van der Waals surface area contributed by atoms with E-state index in [4.69, 9.17) is 0 Å². The number of hydrogen-bond donors (Lipinski definition) is 0. The number of allylic oxidation sites excluding steroid dienone is 2. The van der Waals surface area contributed by atoms with Crippen molar-refractivity contribution in [2.24, 2.45) is 5.92 Å². The SMILES string of the molecule is CN(CCC(F)(F)F)C(=O)CC1C=CCC1. The molecule has 92 valence electrons. The molecule has 0 heterocycles.